The SMILES string of the molecule is CCC1(C)CN(CC(CC)(CC)SC)CCCN1. The predicted molar refractivity (Wildman–Crippen MR) is 84.6 cm³/mol. The summed E-state index contributed by atoms with van der Waals surface area (Å²) >= 11 is 2.06. The molecule has 2 nitrogen and oxygen atoms in total. The molecular weight excluding hydrogens is 240 g/mol. The van der Waals surface area contributed by atoms with E-state index in [1.165, 1.54) is 51.9 Å². The van der Waals surface area contributed by atoms with Crippen molar-refractivity contribution in [3.63, 3.8) is 0 Å². The molecule has 1 saturated heterocycles. The van der Waals surface area contributed by atoms with E-state index in [0.717, 1.165) is 0 Å². The molecule has 0 aliphatic carbocycles. The highest BCUT2D eigenvalue weighted by Gasteiger charge is 2.32. The molecule has 1 fully saturated rings. The lowest BCUT2D eigenvalue weighted by molar-refractivity contribution is 0.194. The molecule has 1 N–H and O–H groups in total. The summed E-state index contributed by atoms with van der Waals surface area (Å²) in [7, 11) is 0. The number of thioether (sulfide) groups is 1. The monoisotopic (exact) mass is 272 g/mol. The molecule has 0 saturated carbocycles. The van der Waals surface area contributed by atoms with E-state index in [1.807, 2.05) is 0 Å². The molecule has 0 aromatic rings. The van der Waals surface area contributed by atoms with Crippen LogP contribution >= 0.6 is 11.8 Å². The van der Waals surface area contributed by atoms with Gasteiger partial charge in [-0.15, -0.1) is 0 Å². The van der Waals surface area contributed by atoms with Gasteiger partial charge >= 0.3 is 0 Å². The van der Waals surface area contributed by atoms with Gasteiger partial charge in [0.15, 0.2) is 0 Å². The van der Waals surface area contributed by atoms with Gasteiger partial charge in [-0.3, -0.25) is 0 Å². The second kappa shape index (κ2) is 7.16. The van der Waals surface area contributed by atoms with Crippen molar-refractivity contribution in [1.29, 1.82) is 0 Å². The Morgan fingerprint density at radius 3 is 2.44 bits per heavy atom. The molecule has 1 unspecified atom stereocenters. The van der Waals surface area contributed by atoms with Gasteiger partial charge in [-0.25, -0.2) is 0 Å². The Bertz CT molecular complexity index is 232. The average molecular weight is 273 g/mol. The van der Waals surface area contributed by atoms with Gasteiger partial charge in [0.05, 0.1) is 0 Å². The number of hydrogen-bond acceptors (Lipinski definition) is 3. The Hall–Kier alpha value is 0.270. The lowest BCUT2D eigenvalue weighted by Crippen LogP contribution is -2.51. The summed E-state index contributed by atoms with van der Waals surface area (Å²) in [4.78, 5) is 2.70. The summed E-state index contributed by atoms with van der Waals surface area (Å²) in [5.41, 5.74) is 0.308. The largest absolute Gasteiger partial charge is 0.310 e. The summed E-state index contributed by atoms with van der Waals surface area (Å²) in [6.45, 7) is 14.2. The van der Waals surface area contributed by atoms with Crippen LogP contribution in [0.15, 0.2) is 0 Å². The summed E-state index contributed by atoms with van der Waals surface area (Å²) in [5.74, 6) is 0. The zero-order valence-electron chi connectivity index (χ0n) is 13.0. The third-order valence-electron chi connectivity index (χ3n) is 4.79. The van der Waals surface area contributed by atoms with Crippen LogP contribution in [-0.2, 0) is 0 Å². The molecule has 1 rings (SSSR count). The maximum atomic E-state index is 3.73. The summed E-state index contributed by atoms with van der Waals surface area (Å²) in [5, 5.41) is 3.73. The number of nitrogens with zero attached hydrogens (tertiary/aromatic N) is 1. The molecule has 0 aromatic carbocycles. The molecule has 1 atom stereocenters. The van der Waals surface area contributed by atoms with E-state index in [0.29, 0.717) is 10.3 Å². The first kappa shape index (κ1) is 16.3. The average Bonchev–Trinajstić information content (AvgIpc) is 2.58. The van der Waals surface area contributed by atoms with Crippen molar-refractivity contribution in [3.05, 3.63) is 0 Å². The molecular formula is C15H32N2S. The van der Waals surface area contributed by atoms with Crippen LogP contribution in [0.25, 0.3) is 0 Å². The Balaban J connectivity index is 2.69. The fraction of sp³-hybridized carbons (Fsp3) is 1.00. The van der Waals surface area contributed by atoms with Gasteiger partial charge in [-0.1, -0.05) is 20.8 Å². The lowest BCUT2D eigenvalue weighted by Gasteiger charge is -2.39. The van der Waals surface area contributed by atoms with Crippen LogP contribution in [0.3, 0.4) is 0 Å². The first-order chi connectivity index (χ1) is 8.53. The molecule has 1 aliphatic rings. The molecule has 1 heterocycles. The topological polar surface area (TPSA) is 15.3 Å². The van der Waals surface area contributed by atoms with Crippen LogP contribution < -0.4 is 5.32 Å². The molecule has 0 aromatic heterocycles. The summed E-state index contributed by atoms with van der Waals surface area (Å²) in [6.07, 6.45) is 7.33. The van der Waals surface area contributed by atoms with E-state index in [9.17, 15) is 0 Å². The molecule has 0 bridgehead atoms. The Labute approximate surface area is 118 Å². The van der Waals surface area contributed by atoms with Gasteiger partial charge < -0.3 is 10.2 Å². The van der Waals surface area contributed by atoms with Crippen molar-refractivity contribution in [2.45, 2.75) is 63.7 Å². The van der Waals surface area contributed by atoms with E-state index in [2.05, 4.69) is 55.9 Å². The van der Waals surface area contributed by atoms with Crippen LogP contribution in [0.4, 0.5) is 0 Å². The molecule has 3 heteroatoms. The van der Waals surface area contributed by atoms with Crippen molar-refractivity contribution in [3.8, 4) is 0 Å². The minimum atomic E-state index is 0.308. The normalized spacial score (nSPS) is 27.2. The zero-order valence-corrected chi connectivity index (χ0v) is 13.8. The van der Waals surface area contributed by atoms with Crippen LogP contribution in [-0.4, -0.2) is 47.6 Å². The van der Waals surface area contributed by atoms with E-state index in [4.69, 9.17) is 0 Å². The molecule has 18 heavy (non-hydrogen) atoms. The van der Waals surface area contributed by atoms with E-state index in [-0.39, 0.29) is 0 Å². The van der Waals surface area contributed by atoms with Crippen LogP contribution in [0.1, 0.15) is 53.4 Å². The van der Waals surface area contributed by atoms with Crippen LogP contribution in [0.2, 0.25) is 0 Å². The van der Waals surface area contributed by atoms with Gasteiger partial charge in [0, 0.05) is 23.4 Å². The smallest absolute Gasteiger partial charge is 0.0279 e. The Kier molecular flexibility index (Phi) is 6.49. The van der Waals surface area contributed by atoms with Crippen LogP contribution in [0, 0.1) is 0 Å². The number of rotatable bonds is 6. The predicted octanol–water partition coefficient (Wildman–Crippen LogP) is 3.37. The summed E-state index contributed by atoms with van der Waals surface area (Å²) in [6, 6.07) is 0. The Morgan fingerprint density at radius 2 is 1.94 bits per heavy atom. The van der Waals surface area contributed by atoms with Crippen molar-refractivity contribution in [2.24, 2.45) is 0 Å². The van der Waals surface area contributed by atoms with Crippen molar-refractivity contribution in [2.75, 3.05) is 32.4 Å². The van der Waals surface area contributed by atoms with Crippen LogP contribution in [0.5, 0.6) is 0 Å². The lowest BCUT2D eigenvalue weighted by atomic mass is 9.96. The third kappa shape index (κ3) is 4.14. The quantitative estimate of drug-likeness (QED) is 0.798. The second-order valence-corrected chi connectivity index (χ2v) is 7.27. The van der Waals surface area contributed by atoms with E-state index in [1.54, 1.807) is 0 Å². The highest BCUT2D eigenvalue weighted by atomic mass is 32.2. The number of hydrogen-bond donors (Lipinski definition) is 1. The molecule has 0 spiro atoms. The van der Waals surface area contributed by atoms with Gasteiger partial charge in [0.1, 0.15) is 0 Å². The van der Waals surface area contributed by atoms with E-state index < -0.39 is 0 Å². The Morgan fingerprint density at radius 1 is 1.28 bits per heavy atom. The fourth-order valence-electron chi connectivity index (χ4n) is 2.93. The maximum absolute atomic E-state index is 3.73. The fourth-order valence-corrected chi connectivity index (χ4v) is 3.82. The molecule has 0 radical (unpaired) electrons. The molecule has 108 valence electrons. The molecule has 0 amide bonds. The standard InChI is InChI=1S/C15H32N2S/c1-6-14(4)12-17(11-9-10-16-14)13-15(7-2,8-3)18-5/h16H,6-13H2,1-5H3. The van der Waals surface area contributed by atoms with Gasteiger partial charge in [0.2, 0.25) is 0 Å². The highest BCUT2D eigenvalue weighted by Crippen LogP contribution is 2.32. The maximum Gasteiger partial charge on any atom is 0.0279 e. The molecule has 1 aliphatic heterocycles. The minimum absolute atomic E-state index is 0.308. The number of nitrogens with one attached hydrogen (secondary N) is 1. The van der Waals surface area contributed by atoms with Gasteiger partial charge in [-0.2, -0.15) is 11.8 Å². The van der Waals surface area contributed by atoms with Crippen molar-refractivity contribution >= 4 is 11.8 Å². The first-order valence-corrected chi connectivity index (χ1v) is 8.78. The minimum Gasteiger partial charge on any atom is -0.310 e. The second-order valence-electron chi connectivity index (χ2n) is 6.00. The van der Waals surface area contributed by atoms with E-state index >= 15 is 0 Å². The van der Waals surface area contributed by atoms with Crippen molar-refractivity contribution in [1.82, 2.24) is 10.2 Å². The summed E-state index contributed by atoms with van der Waals surface area (Å²) < 4.78 is 0.457. The third-order valence-corrected chi connectivity index (χ3v) is 6.36. The zero-order chi connectivity index (χ0) is 13.6. The highest BCUT2D eigenvalue weighted by molar-refractivity contribution is 8.00. The van der Waals surface area contributed by atoms with Gasteiger partial charge in [-0.05, 0) is 52.0 Å². The van der Waals surface area contributed by atoms with Crippen molar-refractivity contribution < 1.29 is 0 Å². The first-order valence-electron chi connectivity index (χ1n) is 7.55. The van der Waals surface area contributed by atoms with Gasteiger partial charge in [0.25, 0.3) is 0 Å².